The highest BCUT2D eigenvalue weighted by molar-refractivity contribution is 5.86. The summed E-state index contributed by atoms with van der Waals surface area (Å²) in [6, 6.07) is -0.0183. The van der Waals surface area contributed by atoms with Gasteiger partial charge in [-0.2, -0.15) is 0 Å². The van der Waals surface area contributed by atoms with Crippen molar-refractivity contribution < 1.29 is 19.4 Å². The number of carboxylic acids is 1. The summed E-state index contributed by atoms with van der Waals surface area (Å²) < 4.78 is 4.53. The smallest absolute Gasteiger partial charge is 0.407 e. The number of carbonyl (C=O) groups excluding carboxylic acids is 1. The van der Waals surface area contributed by atoms with E-state index >= 15 is 0 Å². The van der Waals surface area contributed by atoms with Gasteiger partial charge in [0.2, 0.25) is 5.95 Å². The van der Waals surface area contributed by atoms with Crippen LogP contribution in [0.2, 0.25) is 0 Å². The average molecular weight is 266 g/mol. The van der Waals surface area contributed by atoms with Crippen molar-refractivity contribution in [3.63, 3.8) is 0 Å². The highest BCUT2D eigenvalue weighted by Crippen LogP contribution is 2.15. The molecule has 8 heteroatoms. The minimum atomic E-state index is -1.06. The maximum atomic E-state index is 11.1. The van der Waals surface area contributed by atoms with Gasteiger partial charge in [0.15, 0.2) is 0 Å². The van der Waals surface area contributed by atoms with Crippen LogP contribution in [0.3, 0.4) is 0 Å². The number of carboxylic acid groups (broad SMARTS) is 1. The number of nitrogens with one attached hydrogen (secondary N) is 1. The zero-order valence-electron chi connectivity index (χ0n) is 10.4. The molecule has 0 bridgehead atoms. The van der Waals surface area contributed by atoms with Crippen molar-refractivity contribution in [2.45, 2.75) is 12.5 Å². The summed E-state index contributed by atoms with van der Waals surface area (Å²) >= 11 is 0. The number of rotatable bonds is 3. The number of nitrogens with zero attached hydrogens (tertiary/aromatic N) is 3. The van der Waals surface area contributed by atoms with Gasteiger partial charge in [-0.15, -0.1) is 0 Å². The molecule has 1 unspecified atom stereocenters. The Hall–Kier alpha value is -2.38. The molecule has 1 atom stereocenters. The Morgan fingerprint density at radius 3 is 2.74 bits per heavy atom. The molecule has 19 heavy (non-hydrogen) atoms. The molecule has 2 heterocycles. The third kappa shape index (κ3) is 3.09. The molecule has 2 N–H and O–H groups in total. The number of methoxy groups -OCH3 is 1. The van der Waals surface area contributed by atoms with Gasteiger partial charge >= 0.3 is 12.1 Å². The van der Waals surface area contributed by atoms with Crippen molar-refractivity contribution in [1.29, 1.82) is 0 Å². The van der Waals surface area contributed by atoms with Crippen LogP contribution >= 0.6 is 0 Å². The second-order valence-electron chi connectivity index (χ2n) is 4.14. The zero-order chi connectivity index (χ0) is 13.8. The van der Waals surface area contributed by atoms with Crippen LogP contribution in [0.1, 0.15) is 16.8 Å². The van der Waals surface area contributed by atoms with Crippen molar-refractivity contribution in [2.75, 3.05) is 25.1 Å². The Kier molecular flexibility index (Phi) is 3.79. The molecule has 1 fully saturated rings. The van der Waals surface area contributed by atoms with Crippen LogP contribution < -0.4 is 10.2 Å². The van der Waals surface area contributed by atoms with Gasteiger partial charge < -0.3 is 20.1 Å². The number of alkyl carbamates (subject to hydrolysis) is 1. The summed E-state index contributed by atoms with van der Waals surface area (Å²) in [4.78, 5) is 31.7. The second-order valence-corrected chi connectivity index (χ2v) is 4.14. The molecule has 0 radical (unpaired) electrons. The van der Waals surface area contributed by atoms with E-state index in [1.54, 1.807) is 0 Å². The van der Waals surface area contributed by atoms with E-state index in [0.29, 0.717) is 19.0 Å². The van der Waals surface area contributed by atoms with Gasteiger partial charge in [0.05, 0.1) is 18.7 Å². The summed E-state index contributed by atoms with van der Waals surface area (Å²) in [7, 11) is 1.32. The van der Waals surface area contributed by atoms with E-state index in [1.807, 2.05) is 4.90 Å². The molecule has 0 spiro atoms. The summed E-state index contributed by atoms with van der Waals surface area (Å²) in [5.41, 5.74) is 0.0483. The number of carbonyl (C=O) groups is 2. The van der Waals surface area contributed by atoms with Gasteiger partial charge in [0, 0.05) is 25.5 Å². The molecule has 1 aromatic heterocycles. The largest absolute Gasteiger partial charge is 0.478 e. The summed E-state index contributed by atoms with van der Waals surface area (Å²) in [5, 5.41) is 11.5. The number of hydrogen-bond donors (Lipinski definition) is 2. The van der Waals surface area contributed by atoms with Crippen molar-refractivity contribution in [3.8, 4) is 0 Å². The lowest BCUT2D eigenvalue weighted by atomic mass is 10.3. The summed E-state index contributed by atoms with van der Waals surface area (Å²) in [6.45, 7) is 1.27. The average Bonchev–Trinajstić information content (AvgIpc) is 2.87. The molecule has 0 aromatic carbocycles. The Morgan fingerprint density at radius 1 is 1.47 bits per heavy atom. The van der Waals surface area contributed by atoms with Gasteiger partial charge in [-0.05, 0) is 6.42 Å². The number of aromatic nitrogens is 2. The topological polar surface area (TPSA) is 105 Å². The molecular weight excluding hydrogens is 252 g/mol. The molecule has 1 amide bonds. The minimum Gasteiger partial charge on any atom is -0.478 e. The minimum absolute atomic E-state index is 0.0183. The molecule has 102 valence electrons. The zero-order valence-corrected chi connectivity index (χ0v) is 10.4. The highest BCUT2D eigenvalue weighted by Gasteiger charge is 2.25. The van der Waals surface area contributed by atoms with Gasteiger partial charge in [-0.1, -0.05) is 0 Å². The van der Waals surface area contributed by atoms with Crippen molar-refractivity contribution in [2.24, 2.45) is 0 Å². The molecule has 0 aliphatic carbocycles. The Bertz CT molecular complexity index is 476. The third-order valence-corrected chi connectivity index (χ3v) is 2.86. The van der Waals surface area contributed by atoms with Gasteiger partial charge in [-0.25, -0.2) is 19.6 Å². The lowest BCUT2D eigenvalue weighted by Gasteiger charge is -2.16. The van der Waals surface area contributed by atoms with Gasteiger partial charge in [-0.3, -0.25) is 0 Å². The quantitative estimate of drug-likeness (QED) is 0.799. The molecule has 0 saturated carbocycles. The lowest BCUT2D eigenvalue weighted by molar-refractivity contribution is 0.0696. The van der Waals surface area contributed by atoms with E-state index < -0.39 is 12.1 Å². The first kappa shape index (κ1) is 13.1. The van der Waals surface area contributed by atoms with Crippen molar-refractivity contribution in [1.82, 2.24) is 15.3 Å². The number of aromatic carboxylic acids is 1. The number of amides is 1. The van der Waals surface area contributed by atoms with Gasteiger partial charge in [0.1, 0.15) is 0 Å². The number of hydrogen-bond acceptors (Lipinski definition) is 6. The van der Waals surface area contributed by atoms with E-state index in [0.717, 1.165) is 6.42 Å². The predicted octanol–water partition coefficient (Wildman–Crippen LogP) is 0.109. The molecule has 1 aliphatic rings. The van der Waals surface area contributed by atoms with Crippen LogP contribution in [0.4, 0.5) is 10.7 Å². The first-order valence-electron chi connectivity index (χ1n) is 5.75. The standard InChI is InChI=1S/C11H14N4O4/c1-19-11(18)14-8-2-3-15(6-8)10-12-4-7(5-13-10)9(16)17/h4-5,8H,2-3,6H2,1H3,(H,14,18)(H,16,17). The van der Waals surface area contributed by atoms with Crippen molar-refractivity contribution in [3.05, 3.63) is 18.0 Å². The first-order valence-corrected chi connectivity index (χ1v) is 5.75. The van der Waals surface area contributed by atoms with Gasteiger partial charge in [0.25, 0.3) is 0 Å². The van der Waals surface area contributed by atoms with Crippen LogP contribution in [0, 0.1) is 0 Å². The molecule has 1 aromatic rings. The maximum absolute atomic E-state index is 11.1. The van der Waals surface area contributed by atoms with E-state index in [2.05, 4.69) is 20.0 Å². The fourth-order valence-corrected chi connectivity index (χ4v) is 1.88. The molecular formula is C11H14N4O4. The van der Waals surface area contributed by atoms with Crippen LogP contribution in [0.5, 0.6) is 0 Å². The fourth-order valence-electron chi connectivity index (χ4n) is 1.88. The molecule has 1 aliphatic heterocycles. The predicted molar refractivity (Wildman–Crippen MR) is 65.2 cm³/mol. The monoisotopic (exact) mass is 266 g/mol. The Labute approximate surface area is 109 Å². The van der Waals surface area contributed by atoms with Crippen LogP contribution in [-0.4, -0.2) is 53.4 Å². The molecule has 8 nitrogen and oxygen atoms in total. The van der Waals surface area contributed by atoms with E-state index in [4.69, 9.17) is 5.11 Å². The maximum Gasteiger partial charge on any atom is 0.407 e. The van der Waals surface area contributed by atoms with Crippen LogP contribution in [0.15, 0.2) is 12.4 Å². The highest BCUT2D eigenvalue weighted by atomic mass is 16.5. The fraction of sp³-hybridized carbons (Fsp3) is 0.455. The first-order chi connectivity index (χ1) is 9.10. The third-order valence-electron chi connectivity index (χ3n) is 2.86. The summed E-state index contributed by atoms with van der Waals surface area (Å²) in [5.74, 6) is -0.600. The molecule has 2 rings (SSSR count). The summed E-state index contributed by atoms with van der Waals surface area (Å²) in [6.07, 6.45) is 2.84. The van der Waals surface area contributed by atoms with Crippen molar-refractivity contribution >= 4 is 18.0 Å². The Balaban J connectivity index is 1.96. The van der Waals surface area contributed by atoms with E-state index in [9.17, 15) is 9.59 Å². The Morgan fingerprint density at radius 2 is 2.16 bits per heavy atom. The molecule has 1 saturated heterocycles. The van der Waals surface area contributed by atoms with Crippen LogP contribution in [0.25, 0.3) is 0 Å². The normalized spacial score (nSPS) is 18.2. The SMILES string of the molecule is COC(=O)NC1CCN(c2ncc(C(=O)O)cn2)C1. The number of ether oxygens (including phenoxy) is 1. The van der Waals surface area contributed by atoms with E-state index in [1.165, 1.54) is 19.5 Å². The van der Waals surface area contributed by atoms with Crippen LogP contribution in [-0.2, 0) is 4.74 Å². The van der Waals surface area contributed by atoms with E-state index in [-0.39, 0.29) is 11.6 Å². The number of anilines is 1. The lowest BCUT2D eigenvalue weighted by Crippen LogP contribution is -2.37. The second kappa shape index (κ2) is 5.51.